The molecule has 42 heavy (non-hydrogen) atoms. The molecule has 8 nitrogen and oxygen atoms in total. The number of amides is 2. The SMILES string of the molecule is Cc1ccc(COc2ccc(Br)cc2[C@H]2c3sc(=O)[nH]c3SC3C4CC(C5C(=O)N(CCCC(=O)O)C(=O)C45)C32)cc1. The van der Waals surface area contributed by atoms with Crippen LogP contribution in [0.2, 0.25) is 0 Å². The molecule has 2 amide bonds. The summed E-state index contributed by atoms with van der Waals surface area (Å²) in [5.41, 5.74) is 3.21. The number of thioether (sulfide) groups is 1. The molecule has 2 bridgehead atoms. The van der Waals surface area contributed by atoms with Gasteiger partial charge in [0.25, 0.3) is 0 Å². The Balaban J connectivity index is 1.25. The largest absolute Gasteiger partial charge is 0.489 e. The van der Waals surface area contributed by atoms with E-state index in [0.717, 1.165) is 37.7 Å². The second-order valence-corrected chi connectivity index (χ2v) is 14.9. The fourth-order valence-corrected chi connectivity index (χ4v) is 11.0. The van der Waals surface area contributed by atoms with Crippen LogP contribution < -0.4 is 9.61 Å². The third-order valence-corrected chi connectivity index (χ3v) is 12.5. The second-order valence-electron chi connectivity index (χ2n) is 11.7. The number of nitrogens with one attached hydrogen (secondary N) is 1. The summed E-state index contributed by atoms with van der Waals surface area (Å²) in [5.74, 6) is -1.43. The first-order chi connectivity index (χ1) is 20.2. The number of aromatic nitrogens is 1. The summed E-state index contributed by atoms with van der Waals surface area (Å²) < 4.78 is 7.34. The molecule has 3 fully saturated rings. The van der Waals surface area contributed by atoms with Gasteiger partial charge in [0.2, 0.25) is 11.8 Å². The van der Waals surface area contributed by atoms with Crippen molar-refractivity contribution in [3.05, 3.63) is 78.2 Å². The highest BCUT2D eigenvalue weighted by Gasteiger charge is 2.69. The maximum Gasteiger partial charge on any atom is 0.305 e. The van der Waals surface area contributed by atoms with Crippen LogP contribution in [0.4, 0.5) is 0 Å². The molecule has 0 radical (unpaired) electrons. The Labute approximate surface area is 259 Å². The smallest absolute Gasteiger partial charge is 0.305 e. The minimum Gasteiger partial charge on any atom is -0.489 e. The molecule has 3 aromatic rings. The number of carboxylic acid groups (broad SMARTS) is 1. The van der Waals surface area contributed by atoms with Crippen molar-refractivity contribution in [2.45, 2.75) is 49.0 Å². The zero-order valence-corrected chi connectivity index (χ0v) is 26.0. The Morgan fingerprint density at radius 2 is 1.83 bits per heavy atom. The van der Waals surface area contributed by atoms with E-state index in [1.165, 1.54) is 21.8 Å². The van der Waals surface area contributed by atoms with Crippen LogP contribution in [-0.2, 0) is 21.0 Å². The number of H-pyrrole nitrogens is 1. The molecule has 2 saturated carbocycles. The Morgan fingerprint density at radius 1 is 1.10 bits per heavy atom. The summed E-state index contributed by atoms with van der Waals surface area (Å²) in [6.07, 6.45) is 0.968. The number of ether oxygens (including phenoxy) is 1. The maximum absolute atomic E-state index is 13.7. The third-order valence-electron chi connectivity index (χ3n) is 9.41. The molecular weight excluding hydrogens is 640 g/mol. The van der Waals surface area contributed by atoms with Crippen molar-refractivity contribution in [1.82, 2.24) is 9.88 Å². The van der Waals surface area contributed by atoms with Gasteiger partial charge in [-0.05, 0) is 61.3 Å². The average Bonchev–Trinajstić information content (AvgIpc) is 3.68. The molecule has 2 aliphatic carbocycles. The number of likely N-dealkylation sites (tertiary alicyclic amines) is 1. The molecule has 2 aliphatic heterocycles. The number of benzene rings is 2. The number of aliphatic carboxylic acids is 1. The van der Waals surface area contributed by atoms with Crippen molar-refractivity contribution < 1.29 is 24.2 Å². The predicted octanol–water partition coefficient (Wildman–Crippen LogP) is 5.42. The zero-order chi connectivity index (χ0) is 29.3. The van der Waals surface area contributed by atoms with Gasteiger partial charge >= 0.3 is 10.8 Å². The van der Waals surface area contributed by atoms with Crippen LogP contribution in [0.3, 0.4) is 0 Å². The molecule has 2 N–H and O–H groups in total. The van der Waals surface area contributed by atoms with Crippen LogP contribution in [0.25, 0.3) is 0 Å². The molecule has 4 aliphatic rings. The highest BCUT2D eigenvalue weighted by molar-refractivity contribution is 9.10. The standard InChI is InChI=1S/C31H29BrN2O6S2/c1-14-4-6-15(7-5-14)13-40-20-9-8-16(32)11-17(20)22-23-18-12-19(26(23)41-28-27(22)42-31(39)33-28)25-24(18)29(37)34(30(25)38)10-2-3-21(35)36/h4-9,11,18-19,22-26H,2-3,10,12-13H2,1H3,(H,33,39)(H,35,36)/t18?,19?,22-,23?,24?,25?,26?/m1/s1. The molecule has 3 heterocycles. The van der Waals surface area contributed by atoms with Gasteiger partial charge in [-0.3, -0.25) is 24.1 Å². The van der Waals surface area contributed by atoms with Gasteiger partial charge < -0.3 is 14.8 Å². The quantitative estimate of drug-likeness (QED) is 0.308. The Bertz CT molecular complexity index is 1650. The topological polar surface area (TPSA) is 117 Å². The van der Waals surface area contributed by atoms with Crippen molar-refractivity contribution >= 4 is 56.8 Å². The molecule has 11 heteroatoms. The average molecular weight is 670 g/mol. The summed E-state index contributed by atoms with van der Waals surface area (Å²) in [5, 5.41) is 9.98. The van der Waals surface area contributed by atoms with E-state index in [1.54, 1.807) is 11.8 Å². The van der Waals surface area contributed by atoms with E-state index in [4.69, 9.17) is 9.84 Å². The van der Waals surface area contributed by atoms with Crippen LogP contribution >= 0.6 is 39.0 Å². The summed E-state index contributed by atoms with van der Waals surface area (Å²) in [6, 6.07) is 14.2. The first-order valence-electron chi connectivity index (χ1n) is 14.2. The lowest BCUT2D eigenvalue weighted by molar-refractivity contribution is -0.142. The number of carbonyl (C=O) groups is 3. The molecule has 7 rings (SSSR count). The van der Waals surface area contributed by atoms with Gasteiger partial charge in [0, 0.05) is 39.0 Å². The normalized spacial score (nSPS) is 29.0. The number of carboxylic acids is 1. The molecule has 218 valence electrons. The van der Waals surface area contributed by atoms with Crippen molar-refractivity contribution in [3.8, 4) is 5.75 Å². The Hall–Kier alpha value is -2.89. The van der Waals surface area contributed by atoms with Gasteiger partial charge in [0.15, 0.2) is 0 Å². The van der Waals surface area contributed by atoms with Crippen LogP contribution in [0.1, 0.15) is 46.7 Å². The number of rotatable bonds is 8. The second kappa shape index (κ2) is 10.7. The van der Waals surface area contributed by atoms with E-state index in [1.807, 2.05) is 19.1 Å². The highest BCUT2D eigenvalue weighted by atomic mass is 79.9. The van der Waals surface area contributed by atoms with Gasteiger partial charge in [0.1, 0.15) is 12.4 Å². The molecule has 1 saturated heterocycles. The van der Waals surface area contributed by atoms with Crippen LogP contribution in [0.15, 0.2) is 56.8 Å². The van der Waals surface area contributed by atoms with Crippen molar-refractivity contribution in [2.75, 3.05) is 6.54 Å². The van der Waals surface area contributed by atoms with Gasteiger partial charge in [0.05, 0.1) is 16.9 Å². The number of hydrogen-bond acceptors (Lipinski definition) is 7. The molecular formula is C31H29BrN2O6S2. The van der Waals surface area contributed by atoms with Crippen molar-refractivity contribution in [1.29, 1.82) is 0 Å². The number of imide groups is 1. The van der Waals surface area contributed by atoms with Gasteiger partial charge in [-0.1, -0.05) is 57.1 Å². The van der Waals surface area contributed by atoms with Crippen molar-refractivity contribution in [3.63, 3.8) is 0 Å². The van der Waals surface area contributed by atoms with E-state index >= 15 is 0 Å². The lowest BCUT2D eigenvalue weighted by Gasteiger charge is -2.43. The third kappa shape index (κ3) is 4.55. The minimum atomic E-state index is -0.936. The first-order valence-corrected chi connectivity index (χ1v) is 16.6. The van der Waals surface area contributed by atoms with Crippen LogP contribution in [0, 0.1) is 36.5 Å². The fourth-order valence-electron chi connectivity index (χ4n) is 7.77. The number of halogens is 1. The van der Waals surface area contributed by atoms with Gasteiger partial charge in [-0.25, -0.2) is 0 Å². The number of aryl methyl sites for hydroxylation is 1. The fraction of sp³-hybridized carbons (Fsp3) is 0.419. The van der Waals surface area contributed by atoms with Crippen molar-refractivity contribution in [2.24, 2.45) is 29.6 Å². The Kier molecular flexibility index (Phi) is 7.10. The number of aromatic amines is 1. The van der Waals surface area contributed by atoms with E-state index < -0.39 is 11.9 Å². The highest BCUT2D eigenvalue weighted by Crippen LogP contribution is 2.69. The lowest BCUT2D eigenvalue weighted by Crippen LogP contribution is -2.42. The van der Waals surface area contributed by atoms with E-state index in [-0.39, 0.29) is 70.9 Å². The van der Waals surface area contributed by atoms with Crippen LogP contribution in [-0.4, -0.2) is 44.6 Å². The molecule has 2 aromatic carbocycles. The Morgan fingerprint density at radius 3 is 2.57 bits per heavy atom. The van der Waals surface area contributed by atoms with Gasteiger partial charge in [-0.2, -0.15) is 0 Å². The number of thiazole rings is 1. The van der Waals surface area contributed by atoms with Crippen LogP contribution in [0.5, 0.6) is 5.75 Å². The number of fused-ring (bicyclic) bond motifs is 9. The first kappa shape index (κ1) is 27.9. The number of nitrogens with zero attached hydrogens (tertiary/aromatic N) is 1. The van der Waals surface area contributed by atoms with E-state index in [9.17, 15) is 19.2 Å². The number of carbonyl (C=O) groups excluding carboxylic acids is 2. The molecule has 7 atom stereocenters. The molecule has 6 unspecified atom stereocenters. The monoisotopic (exact) mass is 668 g/mol. The van der Waals surface area contributed by atoms with Gasteiger partial charge in [-0.15, -0.1) is 11.8 Å². The summed E-state index contributed by atoms with van der Waals surface area (Å²) >= 11 is 6.53. The number of hydrogen-bond donors (Lipinski definition) is 2. The van der Waals surface area contributed by atoms with E-state index in [2.05, 4.69) is 51.2 Å². The minimum absolute atomic E-state index is 0.0130. The summed E-state index contributed by atoms with van der Waals surface area (Å²) in [6.45, 7) is 2.59. The maximum atomic E-state index is 13.7. The summed E-state index contributed by atoms with van der Waals surface area (Å²) in [4.78, 5) is 56.2. The van der Waals surface area contributed by atoms with E-state index in [0.29, 0.717) is 6.61 Å². The lowest BCUT2D eigenvalue weighted by atomic mass is 9.68. The zero-order valence-electron chi connectivity index (χ0n) is 22.7. The molecule has 1 aromatic heterocycles. The molecule has 0 spiro atoms. The summed E-state index contributed by atoms with van der Waals surface area (Å²) in [7, 11) is 0. The predicted molar refractivity (Wildman–Crippen MR) is 162 cm³/mol.